The number of nitriles is 1. The van der Waals surface area contributed by atoms with E-state index in [9.17, 15) is 4.79 Å². The molecule has 0 aliphatic heterocycles. The molecular formula is C13H16N2O3. The van der Waals surface area contributed by atoms with E-state index >= 15 is 0 Å². The number of nitrogens with zero attached hydrogens (tertiary/aromatic N) is 1. The lowest BCUT2D eigenvalue weighted by Crippen LogP contribution is -2.20. The van der Waals surface area contributed by atoms with Gasteiger partial charge in [0.15, 0.2) is 0 Å². The molecule has 1 N–H and O–H groups in total. The van der Waals surface area contributed by atoms with Crippen LogP contribution in [0.15, 0.2) is 18.2 Å². The molecule has 0 aliphatic carbocycles. The Kier molecular flexibility index (Phi) is 5.00. The van der Waals surface area contributed by atoms with Crippen molar-refractivity contribution in [1.29, 1.82) is 5.26 Å². The van der Waals surface area contributed by atoms with Crippen molar-refractivity contribution >= 4 is 11.7 Å². The van der Waals surface area contributed by atoms with Gasteiger partial charge >= 0.3 is 5.97 Å². The van der Waals surface area contributed by atoms with Crippen LogP contribution in [0.3, 0.4) is 0 Å². The van der Waals surface area contributed by atoms with Crippen molar-refractivity contribution < 1.29 is 14.3 Å². The van der Waals surface area contributed by atoms with Crippen LogP contribution in [-0.4, -0.2) is 25.7 Å². The largest absolute Gasteiger partial charge is 0.495 e. The summed E-state index contributed by atoms with van der Waals surface area (Å²) in [6.07, 6.45) is -0.137. The molecule has 0 amide bonds. The van der Waals surface area contributed by atoms with E-state index < -0.39 is 0 Å². The maximum atomic E-state index is 11.4. The first-order valence-electron chi connectivity index (χ1n) is 5.58. The summed E-state index contributed by atoms with van der Waals surface area (Å²) < 4.78 is 10.1. The average molecular weight is 248 g/mol. The molecule has 0 fully saturated rings. The summed E-state index contributed by atoms with van der Waals surface area (Å²) >= 11 is 0. The highest BCUT2D eigenvalue weighted by molar-refractivity contribution is 5.76. The number of nitrogens with one attached hydrogen (secondary N) is 1. The lowest BCUT2D eigenvalue weighted by Gasteiger charge is -2.12. The van der Waals surface area contributed by atoms with Crippen LogP contribution in [0.4, 0.5) is 5.69 Å². The molecule has 0 aliphatic rings. The van der Waals surface area contributed by atoms with E-state index in [0.717, 1.165) is 0 Å². The van der Waals surface area contributed by atoms with Crippen LogP contribution in [0.2, 0.25) is 0 Å². The van der Waals surface area contributed by atoms with Gasteiger partial charge in [-0.15, -0.1) is 0 Å². The van der Waals surface area contributed by atoms with Crippen molar-refractivity contribution in [3.8, 4) is 11.8 Å². The van der Waals surface area contributed by atoms with Crippen LogP contribution < -0.4 is 10.1 Å². The molecule has 0 unspecified atom stereocenters. The van der Waals surface area contributed by atoms with Crippen molar-refractivity contribution in [2.24, 2.45) is 0 Å². The second kappa shape index (κ2) is 6.50. The molecule has 1 rings (SSSR count). The SMILES string of the molecule is COc1cc(C#N)ccc1NCC(=O)OC(C)C. The smallest absolute Gasteiger partial charge is 0.325 e. The Balaban J connectivity index is 2.68. The zero-order chi connectivity index (χ0) is 13.5. The van der Waals surface area contributed by atoms with Gasteiger partial charge in [-0.2, -0.15) is 5.26 Å². The molecule has 0 atom stereocenters. The summed E-state index contributed by atoms with van der Waals surface area (Å²) in [6.45, 7) is 3.64. The third-order valence-corrected chi connectivity index (χ3v) is 2.12. The van der Waals surface area contributed by atoms with Gasteiger partial charge in [0, 0.05) is 6.07 Å². The number of hydrogen-bond donors (Lipinski definition) is 1. The third kappa shape index (κ3) is 3.98. The maximum absolute atomic E-state index is 11.4. The number of carbonyl (C=O) groups excluding carboxylic acids is 1. The zero-order valence-corrected chi connectivity index (χ0v) is 10.7. The van der Waals surface area contributed by atoms with Crippen LogP contribution >= 0.6 is 0 Å². The molecule has 0 spiro atoms. The third-order valence-electron chi connectivity index (χ3n) is 2.12. The van der Waals surface area contributed by atoms with Gasteiger partial charge in [0.05, 0.1) is 30.5 Å². The van der Waals surface area contributed by atoms with Gasteiger partial charge in [-0.25, -0.2) is 0 Å². The fourth-order valence-corrected chi connectivity index (χ4v) is 1.38. The van der Waals surface area contributed by atoms with Crippen molar-refractivity contribution in [3.05, 3.63) is 23.8 Å². The topological polar surface area (TPSA) is 71.3 Å². The number of anilines is 1. The van der Waals surface area contributed by atoms with Gasteiger partial charge in [0.1, 0.15) is 12.3 Å². The first-order chi connectivity index (χ1) is 8.56. The number of ether oxygens (including phenoxy) is 2. The van der Waals surface area contributed by atoms with Gasteiger partial charge in [-0.3, -0.25) is 4.79 Å². The number of methoxy groups -OCH3 is 1. The van der Waals surface area contributed by atoms with Crippen LogP contribution in [0, 0.1) is 11.3 Å². The Morgan fingerprint density at radius 2 is 2.22 bits per heavy atom. The number of esters is 1. The zero-order valence-electron chi connectivity index (χ0n) is 10.7. The highest BCUT2D eigenvalue weighted by Crippen LogP contribution is 2.24. The number of benzene rings is 1. The molecule has 5 nitrogen and oxygen atoms in total. The predicted octanol–water partition coefficient (Wildman–Crippen LogP) is 1.93. The normalized spacial score (nSPS) is 9.72. The van der Waals surface area contributed by atoms with Crippen LogP contribution in [0.25, 0.3) is 0 Å². The lowest BCUT2D eigenvalue weighted by atomic mass is 10.2. The Morgan fingerprint density at radius 3 is 2.78 bits per heavy atom. The van der Waals surface area contributed by atoms with Gasteiger partial charge < -0.3 is 14.8 Å². The fourth-order valence-electron chi connectivity index (χ4n) is 1.38. The Hall–Kier alpha value is -2.22. The molecule has 0 aromatic heterocycles. The molecule has 0 saturated heterocycles. The molecule has 1 aromatic rings. The second-order valence-electron chi connectivity index (χ2n) is 3.92. The van der Waals surface area contributed by atoms with Crippen molar-refractivity contribution in [3.63, 3.8) is 0 Å². The minimum Gasteiger partial charge on any atom is -0.495 e. The number of hydrogen-bond acceptors (Lipinski definition) is 5. The fraction of sp³-hybridized carbons (Fsp3) is 0.385. The minimum absolute atomic E-state index is 0.0560. The summed E-state index contributed by atoms with van der Waals surface area (Å²) in [4.78, 5) is 11.4. The van der Waals surface area contributed by atoms with Crippen molar-refractivity contribution in [1.82, 2.24) is 0 Å². The summed E-state index contributed by atoms with van der Waals surface area (Å²) in [6, 6.07) is 6.97. The maximum Gasteiger partial charge on any atom is 0.325 e. The summed E-state index contributed by atoms with van der Waals surface area (Å²) in [5, 5.41) is 11.7. The van der Waals surface area contributed by atoms with E-state index in [0.29, 0.717) is 17.0 Å². The molecule has 0 radical (unpaired) electrons. The van der Waals surface area contributed by atoms with Gasteiger partial charge in [-0.1, -0.05) is 0 Å². The van der Waals surface area contributed by atoms with E-state index in [-0.39, 0.29) is 18.6 Å². The Labute approximate surface area is 106 Å². The van der Waals surface area contributed by atoms with E-state index in [1.54, 1.807) is 32.0 Å². The molecule has 0 saturated carbocycles. The lowest BCUT2D eigenvalue weighted by molar-refractivity contribution is -0.145. The quantitative estimate of drug-likeness (QED) is 0.806. The van der Waals surface area contributed by atoms with Gasteiger partial charge in [-0.05, 0) is 26.0 Å². The average Bonchev–Trinajstić information content (AvgIpc) is 2.35. The first-order valence-corrected chi connectivity index (χ1v) is 5.58. The molecule has 96 valence electrons. The molecule has 5 heteroatoms. The molecule has 0 heterocycles. The van der Waals surface area contributed by atoms with Crippen LogP contribution in [0.5, 0.6) is 5.75 Å². The van der Waals surface area contributed by atoms with Crippen molar-refractivity contribution in [2.45, 2.75) is 20.0 Å². The standard InChI is InChI=1S/C13H16N2O3/c1-9(2)18-13(16)8-15-11-5-4-10(7-14)6-12(11)17-3/h4-6,9,15H,8H2,1-3H3. The van der Waals surface area contributed by atoms with Gasteiger partial charge in [0.2, 0.25) is 0 Å². The number of carbonyl (C=O) groups is 1. The highest BCUT2D eigenvalue weighted by atomic mass is 16.5. The summed E-state index contributed by atoms with van der Waals surface area (Å²) in [5.74, 6) is 0.183. The number of rotatable bonds is 5. The van der Waals surface area contributed by atoms with E-state index in [2.05, 4.69) is 5.32 Å². The van der Waals surface area contributed by atoms with E-state index in [4.69, 9.17) is 14.7 Å². The van der Waals surface area contributed by atoms with E-state index in [1.807, 2.05) is 6.07 Å². The minimum atomic E-state index is -0.337. The van der Waals surface area contributed by atoms with Crippen LogP contribution in [0.1, 0.15) is 19.4 Å². The molecule has 1 aromatic carbocycles. The summed E-state index contributed by atoms with van der Waals surface area (Å²) in [7, 11) is 1.51. The van der Waals surface area contributed by atoms with Crippen LogP contribution in [-0.2, 0) is 9.53 Å². The summed E-state index contributed by atoms with van der Waals surface area (Å²) in [5.41, 5.74) is 1.15. The predicted molar refractivity (Wildman–Crippen MR) is 67.4 cm³/mol. The Bertz CT molecular complexity index is 464. The molecule has 0 bridgehead atoms. The monoisotopic (exact) mass is 248 g/mol. The van der Waals surface area contributed by atoms with Crippen molar-refractivity contribution in [2.75, 3.05) is 19.0 Å². The van der Waals surface area contributed by atoms with E-state index in [1.165, 1.54) is 7.11 Å². The second-order valence-corrected chi connectivity index (χ2v) is 3.92. The van der Waals surface area contributed by atoms with Gasteiger partial charge in [0.25, 0.3) is 0 Å². The molecular weight excluding hydrogens is 232 g/mol. The molecule has 18 heavy (non-hydrogen) atoms. The highest BCUT2D eigenvalue weighted by Gasteiger charge is 2.08. The first kappa shape index (κ1) is 13.8. The Morgan fingerprint density at radius 1 is 1.50 bits per heavy atom.